The monoisotopic (exact) mass is 268 g/mol. The summed E-state index contributed by atoms with van der Waals surface area (Å²) in [5.74, 6) is 0.968. The van der Waals surface area contributed by atoms with Gasteiger partial charge < -0.3 is 9.88 Å². The van der Waals surface area contributed by atoms with Crippen molar-refractivity contribution in [1.82, 2.24) is 14.5 Å². The van der Waals surface area contributed by atoms with Crippen molar-refractivity contribution in [2.45, 2.75) is 31.3 Å². The Morgan fingerprint density at radius 1 is 1.05 bits per heavy atom. The average Bonchev–Trinajstić information content (AvgIpc) is 3.15. The first-order chi connectivity index (χ1) is 9.92. The van der Waals surface area contributed by atoms with Crippen molar-refractivity contribution < 1.29 is 0 Å². The summed E-state index contributed by atoms with van der Waals surface area (Å²) in [6, 6.07) is 11.6. The minimum atomic E-state index is 0.575. The molecule has 2 aliphatic heterocycles. The molecule has 0 aliphatic carbocycles. The molecule has 3 heterocycles. The van der Waals surface area contributed by atoms with Gasteiger partial charge in [-0.3, -0.25) is 4.90 Å². The predicted octanol–water partition coefficient (Wildman–Crippen LogP) is 3.04. The molecular formula is C16H20N4. The van der Waals surface area contributed by atoms with E-state index >= 15 is 0 Å². The second-order valence-electron chi connectivity index (χ2n) is 5.75. The van der Waals surface area contributed by atoms with Gasteiger partial charge in [-0.05, 0) is 37.9 Å². The zero-order valence-corrected chi connectivity index (χ0v) is 11.6. The number of imidazole rings is 1. The van der Waals surface area contributed by atoms with Crippen LogP contribution in [0, 0.1) is 0 Å². The highest BCUT2D eigenvalue weighted by atomic mass is 15.3. The van der Waals surface area contributed by atoms with Crippen LogP contribution in [-0.2, 0) is 0 Å². The van der Waals surface area contributed by atoms with Gasteiger partial charge >= 0.3 is 0 Å². The van der Waals surface area contributed by atoms with E-state index in [0.29, 0.717) is 12.1 Å². The molecule has 0 amide bonds. The molecule has 1 aromatic heterocycles. The Morgan fingerprint density at radius 2 is 1.95 bits per heavy atom. The van der Waals surface area contributed by atoms with Crippen LogP contribution in [0.5, 0.6) is 0 Å². The molecule has 2 aromatic rings. The molecule has 0 bridgehead atoms. The van der Waals surface area contributed by atoms with Gasteiger partial charge in [-0.2, -0.15) is 0 Å². The molecule has 0 radical (unpaired) electrons. The third-order valence-corrected chi connectivity index (χ3v) is 4.63. The first-order valence-electron chi connectivity index (χ1n) is 7.51. The molecule has 104 valence electrons. The number of benzene rings is 1. The van der Waals surface area contributed by atoms with Gasteiger partial charge in [-0.25, -0.2) is 4.98 Å². The molecule has 2 saturated heterocycles. The van der Waals surface area contributed by atoms with Crippen LogP contribution in [0.2, 0.25) is 0 Å². The minimum Gasteiger partial charge on any atom is -0.326 e. The van der Waals surface area contributed by atoms with E-state index < -0.39 is 0 Å². The normalized spacial score (nSPS) is 25.8. The Hall–Kier alpha value is -1.81. The van der Waals surface area contributed by atoms with E-state index in [2.05, 4.69) is 38.1 Å². The number of nitrogens with one attached hydrogen (secondary N) is 1. The van der Waals surface area contributed by atoms with Gasteiger partial charge in [0.25, 0.3) is 0 Å². The van der Waals surface area contributed by atoms with Crippen molar-refractivity contribution in [3.8, 4) is 0 Å². The van der Waals surface area contributed by atoms with Crippen molar-refractivity contribution in [3.05, 3.63) is 42.7 Å². The summed E-state index contributed by atoms with van der Waals surface area (Å²) in [5.41, 5.74) is 1.10. The first-order valence-corrected chi connectivity index (χ1v) is 7.51. The highest BCUT2D eigenvalue weighted by Gasteiger charge is 2.38. The van der Waals surface area contributed by atoms with E-state index in [1.54, 1.807) is 0 Å². The van der Waals surface area contributed by atoms with E-state index in [0.717, 1.165) is 11.6 Å². The Bertz CT molecular complexity index is 577. The molecule has 2 fully saturated rings. The highest BCUT2D eigenvalue weighted by molar-refractivity contribution is 5.53. The highest BCUT2D eigenvalue weighted by Crippen LogP contribution is 2.37. The van der Waals surface area contributed by atoms with Crippen LogP contribution in [0.1, 0.15) is 25.3 Å². The lowest BCUT2D eigenvalue weighted by atomic mass is 10.1. The summed E-state index contributed by atoms with van der Waals surface area (Å²) in [5, 5.41) is 3.44. The molecule has 0 spiro atoms. The van der Waals surface area contributed by atoms with Crippen molar-refractivity contribution in [2.75, 3.05) is 18.4 Å². The largest absolute Gasteiger partial charge is 0.326 e. The van der Waals surface area contributed by atoms with Gasteiger partial charge in [0.2, 0.25) is 5.95 Å². The quantitative estimate of drug-likeness (QED) is 0.929. The molecule has 4 nitrogen and oxygen atoms in total. The van der Waals surface area contributed by atoms with E-state index in [1.807, 2.05) is 24.4 Å². The molecule has 20 heavy (non-hydrogen) atoms. The molecule has 2 aliphatic rings. The fourth-order valence-corrected chi connectivity index (χ4v) is 3.71. The smallest absolute Gasteiger partial charge is 0.207 e. The maximum atomic E-state index is 4.50. The zero-order valence-electron chi connectivity index (χ0n) is 11.6. The van der Waals surface area contributed by atoms with Gasteiger partial charge in [0.15, 0.2) is 0 Å². The second-order valence-corrected chi connectivity index (χ2v) is 5.75. The Morgan fingerprint density at radius 3 is 2.85 bits per heavy atom. The number of hydrogen-bond donors (Lipinski definition) is 1. The number of fused-ring (bicyclic) bond motifs is 1. The summed E-state index contributed by atoms with van der Waals surface area (Å²) in [4.78, 5) is 7.14. The van der Waals surface area contributed by atoms with Crippen LogP contribution in [-0.4, -0.2) is 33.6 Å². The third-order valence-electron chi connectivity index (χ3n) is 4.63. The number of aromatic nitrogens is 2. The van der Waals surface area contributed by atoms with Crippen molar-refractivity contribution in [2.24, 2.45) is 0 Å². The summed E-state index contributed by atoms with van der Waals surface area (Å²) >= 11 is 0. The number of anilines is 2. The van der Waals surface area contributed by atoms with E-state index in [9.17, 15) is 0 Å². The fraction of sp³-hybridized carbons (Fsp3) is 0.438. The third kappa shape index (κ3) is 2.00. The van der Waals surface area contributed by atoms with Crippen LogP contribution in [0.15, 0.2) is 42.7 Å². The summed E-state index contributed by atoms with van der Waals surface area (Å²) in [7, 11) is 0. The maximum Gasteiger partial charge on any atom is 0.207 e. The molecule has 4 rings (SSSR count). The summed E-state index contributed by atoms with van der Waals surface area (Å²) in [6.45, 7) is 2.51. The van der Waals surface area contributed by atoms with Gasteiger partial charge in [-0.1, -0.05) is 18.2 Å². The van der Waals surface area contributed by atoms with Gasteiger partial charge in [-0.15, -0.1) is 0 Å². The zero-order chi connectivity index (χ0) is 13.4. The lowest BCUT2D eigenvalue weighted by Crippen LogP contribution is -2.27. The maximum absolute atomic E-state index is 4.50. The number of para-hydroxylation sites is 1. The molecule has 2 atom stereocenters. The van der Waals surface area contributed by atoms with E-state index in [1.165, 1.54) is 32.4 Å². The number of nitrogens with zero attached hydrogens (tertiary/aromatic N) is 3. The van der Waals surface area contributed by atoms with E-state index in [4.69, 9.17) is 0 Å². The summed E-state index contributed by atoms with van der Waals surface area (Å²) < 4.78 is 2.34. The molecule has 0 saturated carbocycles. The average molecular weight is 268 g/mol. The number of rotatable bonds is 3. The Kier molecular flexibility index (Phi) is 2.96. The minimum absolute atomic E-state index is 0.575. The topological polar surface area (TPSA) is 33.1 Å². The van der Waals surface area contributed by atoms with Crippen LogP contribution in [0.4, 0.5) is 11.6 Å². The van der Waals surface area contributed by atoms with E-state index in [-0.39, 0.29) is 0 Å². The van der Waals surface area contributed by atoms with Crippen LogP contribution in [0.25, 0.3) is 0 Å². The molecular weight excluding hydrogens is 248 g/mol. The summed E-state index contributed by atoms with van der Waals surface area (Å²) in [6.07, 6.45) is 7.94. The molecule has 1 N–H and O–H groups in total. The van der Waals surface area contributed by atoms with Gasteiger partial charge in [0, 0.05) is 30.7 Å². The van der Waals surface area contributed by atoms with Crippen LogP contribution < -0.4 is 5.32 Å². The van der Waals surface area contributed by atoms with Gasteiger partial charge in [0.05, 0.1) is 6.04 Å². The molecule has 4 heteroatoms. The molecule has 1 aromatic carbocycles. The number of hydrogen-bond acceptors (Lipinski definition) is 3. The SMILES string of the molecule is c1ccc(Nc2nccn2C2CCN3CCCC23)cc1. The lowest BCUT2D eigenvalue weighted by molar-refractivity contribution is 0.291. The second kappa shape index (κ2) is 4.94. The Labute approximate surface area is 119 Å². The van der Waals surface area contributed by atoms with Crippen molar-refractivity contribution in [1.29, 1.82) is 0 Å². The van der Waals surface area contributed by atoms with Crippen molar-refractivity contribution in [3.63, 3.8) is 0 Å². The Balaban J connectivity index is 1.59. The molecule has 2 unspecified atom stereocenters. The lowest BCUT2D eigenvalue weighted by Gasteiger charge is -2.23. The first kappa shape index (κ1) is 12.0. The standard InChI is InChI=1S/C16H20N4/c1-2-5-13(6-3-1)18-16-17-9-12-20(16)15-8-11-19-10-4-7-14(15)19/h1-3,5-6,9,12,14-15H,4,7-8,10-11H2,(H,17,18). The van der Waals surface area contributed by atoms with Crippen molar-refractivity contribution >= 4 is 11.6 Å². The predicted molar refractivity (Wildman–Crippen MR) is 80.2 cm³/mol. The van der Waals surface area contributed by atoms with Crippen LogP contribution in [0.3, 0.4) is 0 Å². The van der Waals surface area contributed by atoms with Gasteiger partial charge in [0.1, 0.15) is 0 Å². The fourth-order valence-electron chi connectivity index (χ4n) is 3.71. The van der Waals surface area contributed by atoms with Crippen LogP contribution >= 0.6 is 0 Å².